The third-order valence-electron chi connectivity index (χ3n) is 4.51. The second kappa shape index (κ2) is 11.5. The van der Waals surface area contributed by atoms with Gasteiger partial charge >= 0.3 is 0 Å². The molecule has 0 aliphatic carbocycles. The molecule has 0 aromatic heterocycles. The molecule has 0 aliphatic heterocycles. The van der Waals surface area contributed by atoms with Crippen molar-refractivity contribution in [2.24, 2.45) is 16.5 Å². The minimum Gasteiger partial charge on any atom is -0.508 e. The van der Waals surface area contributed by atoms with Crippen LogP contribution < -0.4 is 22.1 Å². The Morgan fingerprint density at radius 3 is 2.30 bits per heavy atom. The lowest BCUT2D eigenvalue weighted by Crippen LogP contribution is -2.48. The Hall–Kier alpha value is -3.55. The number of nitrogens with zero attached hydrogens (tertiary/aromatic N) is 1. The molecule has 2 rings (SSSR count). The molecule has 160 valence electrons. The monoisotopic (exact) mass is 411 g/mol. The van der Waals surface area contributed by atoms with Crippen molar-refractivity contribution in [3.63, 3.8) is 0 Å². The Labute approximate surface area is 176 Å². The van der Waals surface area contributed by atoms with Gasteiger partial charge in [0.1, 0.15) is 17.8 Å². The zero-order chi connectivity index (χ0) is 21.9. The van der Waals surface area contributed by atoms with Crippen molar-refractivity contribution < 1.29 is 14.7 Å². The lowest BCUT2D eigenvalue weighted by Gasteiger charge is -2.18. The molecule has 0 radical (unpaired) electrons. The third kappa shape index (κ3) is 7.83. The molecule has 8 nitrogen and oxygen atoms in total. The predicted molar refractivity (Wildman–Crippen MR) is 117 cm³/mol. The standard InChI is InChI=1S/C22H29N5O3/c1-15(20(29)25-13-5-8-16-6-3-2-4-7-16)26-21(30)19(27-22(23)24)14-17-9-11-18(28)12-10-17/h2-4,6-7,9-12,15,19,28H,5,8,13-14H2,1H3,(H,25,29)(H,26,30)(H4,23,24,27). The van der Waals surface area contributed by atoms with Crippen molar-refractivity contribution in [3.05, 3.63) is 65.7 Å². The fraction of sp³-hybridized carbons (Fsp3) is 0.318. The molecule has 2 atom stereocenters. The van der Waals surface area contributed by atoms with Crippen molar-refractivity contribution in [2.45, 2.75) is 38.3 Å². The van der Waals surface area contributed by atoms with Crippen molar-refractivity contribution in [1.82, 2.24) is 10.6 Å². The van der Waals surface area contributed by atoms with E-state index >= 15 is 0 Å². The summed E-state index contributed by atoms with van der Waals surface area (Å²) in [5, 5.41) is 14.9. The van der Waals surface area contributed by atoms with Crippen molar-refractivity contribution in [1.29, 1.82) is 0 Å². The second-order valence-corrected chi connectivity index (χ2v) is 7.05. The molecule has 30 heavy (non-hydrogen) atoms. The van der Waals surface area contributed by atoms with Crippen LogP contribution >= 0.6 is 0 Å². The van der Waals surface area contributed by atoms with E-state index in [1.807, 2.05) is 30.3 Å². The minimum atomic E-state index is -0.882. The van der Waals surface area contributed by atoms with Crippen LogP contribution in [-0.2, 0) is 22.4 Å². The molecule has 2 aromatic carbocycles. The summed E-state index contributed by atoms with van der Waals surface area (Å²) in [6.45, 7) is 2.12. The molecule has 2 aromatic rings. The number of rotatable bonds is 10. The zero-order valence-corrected chi connectivity index (χ0v) is 17.0. The summed E-state index contributed by atoms with van der Waals surface area (Å²) in [6.07, 6.45) is 1.89. The first-order valence-electron chi connectivity index (χ1n) is 9.84. The van der Waals surface area contributed by atoms with E-state index in [9.17, 15) is 14.7 Å². The van der Waals surface area contributed by atoms with Gasteiger partial charge in [0.25, 0.3) is 0 Å². The molecule has 7 N–H and O–H groups in total. The average Bonchev–Trinajstić information content (AvgIpc) is 2.72. The number of aromatic hydroxyl groups is 1. The van der Waals surface area contributed by atoms with Gasteiger partial charge in [-0.3, -0.25) is 9.59 Å². The lowest BCUT2D eigenvalue weighted by atomic mass is 10.1. The van der Waals surface area contributed by atoms with Gasteiger partial charge in [0, 0.05) is 13.0 Å². The SMILES string of the molecule is CC(NC(=O)C(Cc1ccc(O)cc1)N=C(N)N)C(=O)NCCCc1ccccc1. The molecule has 8 heteroatoms. The maximum Gasteiger partial charge on any atom is 0.245 e. The van der Waals surface area contributed by atoms with Crippen molar-refractivity contribution in [3.8, 4) is 5.75 Å². The number of guanidine groups is 1. The van der Waals surface area contributed by atoms with Crippen LogP contribution in [0, 0.1) is 0 Å². The molecule has 2 amide bonds. The van der Waals surface area contributed by atoms with Gasteiger partial charge < -0.3 is 27.2 Å². The van der Waals surface area contributed by atoms with Crippen LogP contribution in [0.15, 0.2) is 59.6 Å². The number of nitrogens with two attached hydrogens (primary N) is 2. The second-order valence-electron chi connectivity index (χ2n) is 7.05. The van der Waals surface area contributed by atoms with Crippen LogP contribution in [0.2, 0.25) is 0 Å². The Kier molecular flexibility index (Phi) is 8.68. The predicted octanol–water partition coefficient (Wildman–Crippen LogP) is 0.830. The highest BCUT2D eigenvalue weighted by Crippen LogP contribution is 2.12. The highest BCUT2D eigenvalue weighted by molar-refractivity contribution is 5.91. The summed E-state index contributed by atoms with van der Waals surface area (Å²) in [5.41, 5.74) is 12.9. The molecule has 2 unspecified atom stereocenters. The number of hydrogen-bond donors (Lipinski definition) is 5. The fourth-order valence-electron chi connectivity index (χ4n) is 2.91. The molecule has 0 bridgehead atoms. The van der Waals surface area contributed by atoms with Crippen LogP contribution in [-0.4, -0.2) is 41.5 Å². The summed E-state index contributed by atoms with van der Waals surface area (Å²) in [4.78, 5) is 28.9. The molecule has 0 heterocycles. The maximum atomic E-state index is 12.6. The minimum absolute atomic E-state index is 0.124. The number of phenolic OH excluding ortho intramolecular Hbond substituents is 1. The van der Waals surface area contributed by atoms with Gasteiger partial charge in [-0.25, -0.2) is 4.99 Å². The fourth-order valence-corrected chi connectivity index (χ4v) is 2.91. The molecule has 0 saturated carbocycles. The average molecular weight is 412 g/mol. The van der Waals surface area contributed by atoms with E-state index in [2.05, 4.69) is 15.6 Å². The zero-order valence-electron chi connectivity index (χ0n) is 17.0. The van der Waals surface area contributed by atoms with E-state index in [4.69, 9.17) is 11.5 Å². The normalized spacial score (nSPS) is 12.4. The quantitative estimate of drug-likeness (QED) is 0.224. The van der Waals surface area contributed by atoms with Crippen LogP contribution in [0.4, 0.5) is 0 Å². The Balaban J connectivity index is 1.84. The Morgan fingerprint density at radius 1 is 1.00 bits per heavy atom. The van der Waals surface area contributed by atoms with Crippen molar-refractivity contribution >= 4 is 17.8 Å². The Bertz CT molecular complexity index is 849. The first-order valence-corrected chi connectivity index (χ1v) is 9.84. The summed E-state index contributed by atoms with van der Waals surface area (Å²) in [5.74, 6) is -0.820. The third-order valence-corrected chi connectivity index (χ3v) is 4.51. The smallest absolute Gasteiger partial charge is 0.245 e. The highest BCUT2D eigenvalue weighted by Gasteiger charge is 2.23. The molecule has 0 spiro atoms. The number of nitrogens with one attached hydrogen (secondary N) is 2. The van der Waals surface area contributed by atoms with Gasteiger partial charge in [-0.15, -0.1) is 0 Å². The Morgan fingerprint density at radius 2 is 1.67 bits per heavy atom. The first kappa shape index (κ1) is 22.7. The number of benzene rings is 2. The lowest BCUT2D eigenvalue weighted by molar-refractivity contribution is -0.129. The summed E-state index contributed by atoms with van der Waals surface area (Å²) >= 11 is 0. The van der Waals surface area contributed by atoms with Crippen LogP contribution in [0.1, 0.15) is 24.5 Å². The van der Waals surface area contributed by atoms with E-state index in [1.165, 1.54) is 17.7 Å². The molecular formula is C22H29N5O3. The first-order chi connectivity index (χ1) is 14.3. The van der Waals surface area contributed by atoms with E-state index in [0.29, 0.717) is 6.54 Å². The maximum absolute atomic E-state index is 12.6. The van der Waals surface area contributed by atoms with Crippen LogP contribution in [0.5, 0.6) is 5.75 Å². The van der Waals surface area contributed by atoms with E-state index < -0.39 is 18.0 Å². The summed E-state index contributed by atoms with van der Waals surface area (Å²) in [7, 11) is 0. The molecule has 0 fully saturated rings. The van der Waals surface area contributed by atoms with Crippen LogP contribution in [0.25, 0.3) is 0 Å². The van der Waals surface area contributed by atoms with Gasteiger partial charge in [0.15, 0.2) is 5.96 Å². The number of amides is 2. The van der Waals surface area contributed by atoms with Crippen LogP contribution in [0.3, 0.4) is 0 Å². The molecular weight excluding hydrogens is 382 g/mol. The van der Waals surface area contributed by atoms with Gasteiger partial charge in [-0.2, -0.15) is 0 Å². The summed E-state index contributed by atoms with van der Waals surface area (Å²) in [6, 6.07) is 14.8. The van der Waals surface area contributed by atoms with E-state index in [-0.39, 0.29) is 24.0 Å². The molecule has 0 aliphatic rings. The van der Waals surface area contributed by atoms with Gasteiger partial charge in [-0.1, -0.05) is 42.5 Å². The number of aliphatic imine (C=N–C) groups is 1. The van der Waals surface area contributed by atoms with Gasteiger partial charge in [0.05, 0.1) is 0 Å². The number of carbonyl (C=O) groups excluding carboxylic acids is 2. The van der Waals surface area contributed by atoms with Gasteiger partial charge in [0.2, 0.25) is 11.8 Å². The number of hydrogen-bond acceptors (Lipinski definition) is 4. The topological polar surface area (TPSA) is 143 Å². The molecule has 0 saturated heterocycles. The number of aryl methyl sites for hydroxylation is 1. The van der Waals surface area contributed by atoms with Gasteiger partial charge in [-0.05, 0) is 43.0 Å². The van der Waals surface area contributed by atoms with E-state index in [1.54, 1.807) is 19.1 Å². The summed E-state index contributed by atoms with van der Waals surface area (Å²) < 4.78 is 0. The van der Waals surface area contributed by atoms with E-state index in [0.717, 1.165) is 18.4 Å². The number of phenols is 1. The largest absolute Gasteiger partial charge is 0.508 e. The van der Waals surface area contributed by atoms with Crippen molar-refractivity contribution in [2.75, 3.05) is 6.54 Å². The highest BCUT2D eigenvalue weighted by atomic mass is 16.3. The number of carbonyl (C=O) groups is 2.